The Balaban J connectivity index is 2.87. The van der Waals surface area contributed by atoms with Crippen molar-refractivity contribution in [3.05, 3.63) is 10.0 Å². The fraction of sp³-hybridized carbons (Fsp3) is 0.375. The Labute approximate surface area is 95.9 Å². The van der Waals surface area contributed by atoms with Gasteiger partial charge < -0.3 is 10.6 Å². The Hall–Kier alpha value is -1.14. The first-order chi connectivity index (χ1) is 7.19. The monoisotopic (exact) mass is 247 g/mol. The number of carbonyl (C=O) groups excluding carboxylic acids is 1. The predicted octanol–water partition coefficient (Wildman–Crippen LogP) is 1.71. The van der Waals surface area contributed by atoms with Gasteiger partial charge in [0.05, 0.1) is 0 Å². The summed E-state index contributed by atoms with van der Waals surface area (Å²) < 4.78 is 0.332. The van der Waals surface area contributed by atoms with Crippen LogP contribution in [0.1, 0.15) is 19.0 Å². The molecule has 2 N–H and O–H groups in total. The van der Waals surface area contributed by atoms with Crippen molar-refractivity contribution in [2.45, 2.75) is 13.3 Å². The molecule has 0 aliphatic heterocycles. The molecular weight excluding hydrogens is 238 g/mol. The molecular formula is C8H10ClN3O2S. The molecule has 0 aliphatic rings. The molecule has 0 fully saturated rings. The van der Waals surface area contributed by atoms with E-state index >= 15 is 0 Å². The second-order valence-electron chi connectivity index (χ2n) is 2.60. The van der Waals surface area contributed by atoms with Crippen molar-refractivity contribution in [2.75, 3.05) is 12.3 Å². The lowest BCUT2D eigenvalue weighted by molar-refractivity contribution is -0.102. The normalized spacial score (nSPS) is 11.5. The number of halogens is 1. The van der Waals surface area contributed by atoms with E-state index in [0.29, 0.717) is 22.4 Å². The number of aldehydes is 1. The summed E-state index contributed by atoms with van der Waals surface area (Å²) in [4.78, 5) is 19.5. The van der Waals surface area contributed by atoms with Crippen LogP contribution < -0.4 is 5.73 Å². The van der Waals surface area contributed by atoms with Crippen LogP contribution in [0.3, 0.4) is 0 Å². The average Bonchev–Trinajstić information content (AvgIpc) is 2.53. The van der Waals surface area contributed by atoms with Crippen LogP contribution in [-0.2, 0) is 9.63 Å². The number of anilines is 1. The summed E-state index contributed by atoms with van der Waals surface area (Å²) >= 11 is 6.90. The second kappa shape index (κ2) is 5.67. The Morgan fingerprint density at radius 3 is 3.00 bits per heavy atom. The number of aromatic nitrogens is 1. The molecule has 0 saturated carbocycles. The molecule has 0 aliphatic carbocycles. The van der Waals surface area contributed by atoms with E-state index < -0.39 is 0 Å². The minimum absolute atomic E-state index is 0.0569. The summed E-state index contributed by atoms with van der Waals surface area (Å²) in [5, 5.41) is 3.92. The predicted molar refractivity (Wildman–Crippen MR) is 60.4 cm³/mol. The molecule has 0 saturated heterocycles. The van der Waals surface area contributed by atoms with Gasteiger partial charge in [0.15, 0.2) is 17.1 Å². The van der Waals surface area contributed by atoms with E-state index in [9.17, 15) is 4.79 Å². The summed E-state index contributed by atoms with van der Waals surface area (Å²) in [6.07, 6.45) is 1.35. The zero-order valence-corrected chi connectivity index (χ0v) is 9.64. The van der Waals surface area contributed by atoms with Gasteiger partial charge in [0.1, 0.15) is 16.6 Å². The maximum Gasteiger partial charge on any atom is 0.182 e. The number of nitrogen functional groups attached to an aromatic ring is 1. The first-order valence-electron chi connectivity index (χ1n) is 4.26. The summed E-state index contributed by atoms with van der Waals surface area (Å²) in [6, 6.07) is 0. The maximum atomic E-state index is 10.7. The first kappa shape index (κ1) is 11.9. The minimum atomic E-state index is 0.0569. The van der Waals surface area contributed by atoms with Crippen molar-refractivity contribution < 1.29 is 9.63 Å². The summed E-state index contributed by atoms with van der Waals surface area (Å²) in [5.74, 6) is 0. The number of thiazole rings is 1. The SMILES string of the molecule is CCCO/N=C(\C=O)c1nc(N)sc1Cl. The van der Waals surface area contributed by atoms with Crippen LogP contribution >= 0.6 is 22.9 Å². The Morgan fingerprint density at radius 2 is 2.53 bits per heavy atom. The average molecular weight is 248 g/mol. The third-order valence-electron chi connectivity index (χ3n) is 1.41. The highest BCUT2D eigenvalue weighted by molar-refractivity contribution is 7.19. The van der Waals surface area contributed by atoms with Gasteiger partial charge in [-0.3, -0.25) is 4.79 Å². The second-order valence-corrected chi connectivity index (χ2v) is 4.23. The van der Waals surface area contributed by atoms with Gasteiger partial charge in [0.25, 0.3) is 0 Å². The van der Waals surface area contributed by atoms with E-state index in [-0.39, 0.29) is 11.4 Å². The highest BCUT2D eigenvalue weighted by atomic mass is 35.5. The van der Waals surface area contributed by atoms with Gasteiger partial charge in [-0.2, -0.15) is 0 Å². The van der Waals surface area contributed by atoms with Crippen LogP contribution in [0.15, 0.2) is 5.16 Å². The lowest BCUT2D eigenvalue weighted by atomic mass is 10.3. The lowest BCUT2D eigenvalue weighted by Crippen LogP contribution is -2.05. The van der Waals surface area contributed by atoms with Crippen LogP contribution in [-0.4, -0.2) is 23.6 Å². The number of nitrogens with two attached hydrogens (primary N) is 1. The molecule has 1 heterocycles. The van der Waals surface area contributed by atoms with Gasteiger partial charge in [-0.05, 0) is 6.42 Å². The van der Waals surface area contributed by atoms with Crippen molar-refractivity contribution in [3.8, 4) is 0 Å². The smallest absolute Gasteiger partial charge is 0.182 e. The molecule has 1 aromatic heterocycles. The molecule has 0 unspecified atom stereocenters. The molecule has 15 heavy (non-hydrogen) atoms. The van der Waals surface area contributed by atoms with Crippen LogP contribution in [0.4, 0.5) is 5.13 Å². The van der Waals surface area contributed by atoms with Crippen LogP contribution in [0.2, 0.25) is 4.34 Å². The van der Waals surface area contributed by atoms with Crippen molar-refractivity contribution in [3.63, 3.8) is 0 Å². The number of carbonyl (C=O) groups is 1. The topological polar surface area (TPSA) is 77.6 Å². The van der Waals surface area contributed by atoms with Gasteiger partial charge >= 0.3 is 0 Å². The molecule has 0 spiro atoms. The van der Waals surface area contributed by atoms with E-state index in [1.54, 1.807) is 0 Å². The molecule has 1 aromatic rings. The number of oxime groups is 1. The van der Waals surface area contributed by atoms with Crippen molar-refractivity contribution >= 4 is 40.1 Å². The Morgan fingerprint density at radius 1 is 1.80 bits per heavy atom. The Kier molecular flexibility index (Phi) is 4.51. The number of rotatable bonds is 5. The van der Waals surface area contributed by atoms with Gasteiger partial charge in [-0.25, -0.2) is 4.98 Å². The fourth-order valence-electron chi connectivity index (χ4n) is 0.802. The standard InChI is InChI=1S/C8H10ClN3O2S/c1-2-3-14-12-5(4-13)6-7(9)15-8(10)11-6/h4H,2-3H2,1H3,(H2,10,11)/b12-5+. The van der Waals surface area contributed by atoms with Crippen LogP contribution in [0, 0.1) is 0 Å². The molecule has 0 atom stereocenters. The molecule has 0 bridgehead atoms. The molecule has 0 amide bonds. The maximum absolute atomic E-state index is 10.7. The fourth-order valence-corrected chi connectivity index (χ4v) is 1.75. The van der Waals surface area contributed by atoms with Gasteiger partial charge in [-0.15, -0.1) is 0 Å². The number of nitrogens with zero attached hydrogens (tertiary/aromatic N) is 2. The van der Waals surface area contributed by atoms with E-state index in [2.05, 4.69) is 10.1 Å². The molecule has 0 aromatic carbocycles. The minimum Gasteiger partial charge on any atom is -0.395 e. The molecule has 82 valence electrons. The summed E-state index contributed by atoms with van der Waals surface area (Å²) in [6.45, 7) is 2.37. The Bertz CT molecular complexity index is 378. The van der Waals surface area contributed by atoms with Crippen LogP contribution in [0.25, 0.3) is 0 Å². The molecule has 7 heteroatoms. The van der Waals surface area contributed by atoms with Gasteiger partial charge in [0.2, 0.25) is 0 Å². The van der Waals surface area contributed by atoms with E-state index in [1.165, 1.54) is 0 Å². The molecule has 1 rings (SSSR count). The lowest BCUT2D eigenvalue weighted by Gasteiger charge is -1.97. The highest BCUT2D eigenvalue weighted by Gasteiger charge is 2.14. The van der Waals surface area contributed by atoms with Crippen molar-refractivity contribution in [1.29, 1.82) is 0 Å². The van der Waals surface area contributed by atoms with Crippen molar-refractivity contribution in [1.82, 2.24) is 4.98 Å². The summed E-state index contributed by atoms with van der Waals surface area (Å²) in [7, 11) is 0. The zero-order valence-electron chi connectivity index (χ0n) is 8.07. The van der Waals surface area contributed by atoms with E-state index in [4.69, 9.17) is 22.2 Å². The first-order valence-corrected chi connectivity index (χ1v) is 5.45. The van der Waals surface area contributed by atoms with Crippen molar-refractivity contribution in [2.24, 2.45) is 5.16 Å². The largest absolute Gasteiger partial charge is 0.395 e. The molecule has 0 radical (unpaired) electrons. The highest BCUT2D eigenvalue weighted by Crippen LogP contribution is 2.25. The zero-order chi connectivity index (χ0) is 11.3. The third kappa shape index (κ3) is 3.17. The number of hydrogen-bond donors (Lipinski definition) is 1. The van der Waals surface area contributed by atoms with Gasteiger partial charge in [0, 0.05) is 0 Å². The van der Waals surface area contributed by atoms with Crippen LogP contribution in [0.5, 0.6) is 0 Å². The third-order valence-corrected chi connectivity index (χ3v) is 2.50. The van der Waals surface area contributed by atoms with E-state index in [0.717, 1.165) is 17.8 Å². The quantitative estimate of drug-likeness (QED) is 0.372. The van der Waals surface area contributed by atoms with Gasteiger partial charge in [-0.1, -0.05) is 35.0 Å². The summed E-state index contributed by atoms with van der Waals surface area (Å²) in [5.41, 5.74) is 5.76. The molecule has 5 nitrogen and oxygen atoms in total. The number of hydrogen-bond acceptors (Lipinski definition) is 6. The van der Waals surface area contributed by atoms with E-state index in [1.807, 2.05) is 6.92 Å².